The molecule has 0 N–H and O–H groups in total. The van der Waals surface area contributed by atoms with Crippen LogP contribution in [0, 0.1) is 11.6 Å². The highest BCUT2D eigenvalue weighted by Gasteiger charge is 2.46. The molecular formula is C127H84AlF2N5O3. The summed E-state index contributed by atoms with van der Waals surface area (Å²) in [6.07, 6.45) is 5.24. The lowest BCUT2D eigenvalue weighted by molar-refractivity contribution is 0.311. The molecule has 0 aliphatic carbocycles. The smallest absolute Gasteiger partial charge is 0.576 e. The molecule has 0 bridgehead atoms. The van der Waals surface area contributed by atoms with E-state index in [0.717, 1.165) is 132 Å². The molecule has 11 heteroatoms. The maximum atomic E-state index is 17.6. The van der Waals surface area contributed by atoms with E-state index in [0.29, 0.717) is 28.6 Å². The fraction of sp³-hybridized carbons (Fsp3) is 0. The molecule has 0 unspecified atom stereocenters. The average molecular weight is 1790 g/mol. The molecule has 25 rings (SSSR count). The van der Waals surface area contributed by atoms with Crippen molar-refractivity contribution in [3.05, 3.63) is 522 Å². The second kappa shape index (κ2) is 37.7. The summed E-state index contributed by atoms with van der Waals surface area (Å²) in [5.41, 5.74) is 20.9. The second-order valence-electron chi connectivity index (χ2n) is 34.0. The summed E-state index contributed by atoms with van der Waals surface area (Å²) in [5, 5.41) is 16.7. The number of hydrogen-bond donors (Lipinski definition) is 0. The molecule has 25 aromatic rings. The van der Waals surface area contributed by atoms with Gasteiger partial charge in [-0.1, -0.05) is 394 Å². The molecule has 3 heterocycles. The maximum Gasteiger partial charge on any atom is 1.20 e. The minimum absolute atomic E-state index is 0.338. The Balaban J connectivity index is 0.000000128. The van der Waals surface area contributed by atoms with Crippen molar-refractivity contribution < 1.29 is 20.1 Å². The van der Waals surface area contributed by atoms with Gasteiger partial charge in [0.15, 0.2) is 0 Å². The number of para-hydroxylation sites is 5. The summed E-state index contributed by atoms with van der Waals surface area (Å²) in [6.45, 7) is 0. The maximum absolute atomic E-state index is 17.6. The summed E-state index contributed by atoms with van der Waals surface area (Å²) < 4.78 is 54.4. The normalized spacial score (nSPS) is 11.3. The predicted octanol–water partition coefficient (Wildman–Crippen LogP) is 34.5. The molecule has 0 amide bonds. The van der Waals surface area contributed by atoms with Crippen LogP contribution < -0.4 is 21.2 Å². The van der Waals surface area contributed by atoms with Crippen molar-refractivity contribution in [1.82, 2.24) is 15.0 Å². The van der Waals surface area contributed by atoms with Crippen LogP contribution in [0.3, 0.4) is 0 Å². The van der Waals surface area contributed by atoms with Gasteiger partial charge >= 0.3 is 15.1 Å². The van der Waals surface area contributed by atoms with Gasteiger partial charge in [0.2, 0.25) is 0 Å². The minimum atomic E-state index is -2.86. The molecule has 3 aromatic heterocycles. The van der Waals surface area contributed by atoms with Gasteiger partial charge in [0.05, 0.1) is 22.7 Å². The first kappa shape index (κ1) is 84.5. The van der Waals surface area contributed by atoms with Gasteiger partial charge in [-0.2, -0.15) is 0 Å². The van der Waals surface area contributed by atoms with Crippen molar-refractivity contribution in [2.24, 2.45) is 0 Å². The highest BCUT2D eigenvalue weighted by atomic mass is 27.3. The molecule has 0 spiro atoms. The number of benzene rings is 22. The van der Waals surface area contributed by atoms with Crippen molar-refractivity contribution in [2.45, 2.75) is 0 Å². The van der Waals surface area contributed by atoms with E-state index in [1.807, 2.05) is 273 Å². The molecule has 0 atom stereocenters. The first-order chi connectivity index (χ1) is 68.3. The zero-order chi connectivity index (χ0) is 92.2. The SMILES string of the molecule is Fc1cc(-c2ccccc2)cc(-c2ccccc2)c1N(c1ccccc1)c1ccc2ccc3c(N(c4ccccc4)c4c(F)cc(-c5ccccc5)cc4-c4ccccc4)ccc4ccc1c2c43.c1ccc(-c2ccc(-c3c4ccccc4c(-c4ccccc4)c4ccccc34)c3ccccc23)cc1.c1cnc2c([O][Al]([O]c3cccc4cccnc34)[O]c3cccc4cccnc34)cccc2c1. The minimum Gasteiger partial charge on any atom is -0.576 e. The van der Waals surface area contributed by atoms with Gasteiger partial charge in [-0.3, -0.25) is 15.0 Å². The van der Waals surface area contributed by atoms with Crippen LogP contribution in [-0.2, 0) is 0 Å². The van der Waals surface area contributed by atoms with E-state index in [1.165, 1.54) is 65.7 Å². The lowest BCUT2D eigenvalue weighted by atomic mass is 9.84. The standard InChI is InChI=1S/C64H42F2N2.C36H24.3C9H7NO.Al/c65-57-41-49(43-19-7-1-8-20-43)39-55(45-23-11-3-12-24-45)63(57)67(51-27-15-5-16-28-51)59-37-33-47-32-36-54-60(38-34-48-31-35-53(59)61(47)62(48)54)68(52-29-17-6-18-30-52)64-56(46-25-13-4-14-26-46)40-50(42-58(64)66)44-21-9-2-10-22-44;1-3-13-25(14-4-1)27-23-24-34(29-18-8-7-17-28(27)29)36-32-21-11-9-19-30(32)35(26-15-5-2-6-16-26)31-20-10-12-22-33(31)36;3*11-8-5-1-3-7-4-2-6-10-9(7)8;/h1-42H;1-24H;3*1-6,11H;/q;;;;;+3/p-3. The zero-order valence-electron chi connectivity index (χ0n) is 74.8. The molecule has 0 radical (unpaired) electrons. The van der Waals surface area contributed by atoms with Gasteiger partial charge in [-0.05, 0) is 218 Å². The molecule has 652 valence electrons. The van der Waals surface area contributed by atoms with Crippen LogP contribution in [0.2, 0.25) is 0 Å². The van der Waals surface area contributed by atoms with E-state index >= 15 is 8.78 Å². The monoisotopic (exact) mass is 1790 g/mol. The predicted molar refractivity (Wildman–Crippen MR) is 569 cm³/mol. The third-order valence-corrected chi connectivity index (χ3v) is 27.2. The van der Waals surface area contributed by atoms with Crippen LogP contribution in [0.25, 0.3) is 175 Å². The Morgan fingerprint density at radius 3 is 0.877 bits per heavy atom. The summed E-state index contributed by atoms with van der Waals surface area (Å²) in [7, 11) is 0. The van der Waals surface area contributed by atoms with Crippen molar-refractivity contribution in [1.29, 1.82) is 0 Å². The third kappa shape index (κ3) is 16.4. The first-order valence-corrected chi connectivity index (χ1v) is 47.6. The summed E-state index contributed by atoms with van der Waals surface area (Å²) in [6, 6.07) is 167. The van der Waals surface area contributed by atoms with Crippen LogP contribution in [0.15, 0.2) is 510 Å². The van der Waals surface area contributed by atoms with Crippen LogP contribution >= 0.6 is 0 Å². The Bertz CT molecular complexity index is 8270. The van der Waals surface area contributed by atoms with E-state index in [9.17, 15) is 0 Å². The summed E-state index contributed by atoms with van der Waals surface area (Å²) >= 11 is -2.86. The van der Waals surface area contributed by atoms with Crippen LogP contribution in [0.5, 0.6) is 17.2 Å². The van der Waals surface area contributed by atoms with Crippen molar-refractivity contribution in [2.75, 3.05) is 9.80 Å². The lowest BCUT2D eigenvalue weighted by Gasteiger charge is -2.31. The number of halogens is 2. The quantitative estimate of drug-likeness (QED) is 0.0450. The molecule has 138 heavy (non-hydrogen) atoms. The average Bonchev–Trinajstić information content (AvgIpc) is 0.623. The molecule has 0 aliphatic rings. The summed E-state index contributed by atoms with van der Waals surface area (Å²) in [5.74, 6) is 1.15. The van der Waals surface area contributed by atoms with Crippen LogP contribution in [0.1, 0.15) is 0 Å². The Morgan fingerprint density at radius 1 is 0.203 bits per heavy atom. The molecule has 0 saturated carbocycles. The van der Waals surface area contributed by atoms with Crippen LogP contribution in [-0.4, -0.2) is 30.1 Å². The van der Waals surface area contributed by atoms with E-state index < -0.39 is 15.1 Å². The topological polar surface area (TPSA) is 72.8 Å². The molecule has 0 fully saturated rings. The lowest BCUT2D eigenvalue weighted by Crippen LogP contribution is -2.37. The number of hydrogen-bond acceptors (Lipinski definition) is 8. The highest BCUT2D eigenvalue weighted by Crippen LogP contribution is 2.54. The summed E-state index contributed by atoms with van der Waals surface area (Å²) in [4.78, 5) is 17.7. The van der Waals surface area contributed by atoms with Gasteiger partial charge in [0.1, 0.15) is 45.4 Å². The molecule has 8 nitrogen and oxygen atoms in total. The van der Waals surface area contributed by atoms with Gasteiger partial charge in [0.25, 0.3) is 0 Å². The second-order valence-corrected chi connectivity index (χ2v) is 35.3. The number of pyridine rings is 3. The van der Waals surface area contributed by atoms with Gasteiger partial charge in [-0.15, -0.1) is 0 Å². The molecule has 0 saturated heterocycles. The van der Waals surface area contributed by atoms with Crippen LogP contribution in [0.4, 0.5) is 42.9 Å². The van der Waals surface area contributed by atoms with Crippen molar-refractivity contribution in [3.8, 4) is 95.1 Å². The fourth-order valence-electron chi connectivity index (χ4n) is 19.6. The van der Waals surface area contributed by atoms with E-state index in [4.69, 9.17) is 11.4 Å². The van der Waals surface area contributed by atoms with E-state index in [-0.39, 0.29) is 11.6 Å². The van der Waals surface area contributed by atoms with Gasteiger partial charge < -0.3 is 21.2 Å². The van der Waals surface area contributed by atoms with E-state index in [2.05, 4.69) is 231 Å². The van der Waals surface area contributed by atoms with Gasteiger partial charge in [0, 0.05) is 68.0 Å². The highest BCUT2D eigenvalue weighted by molar-refractivity contribution is 6.40. The number of fused-ring (bicyclic) bond motifs is 6. The van der Waals surface area contributed by atoms with Gasteiger partial charge in [-0.25, -0.2) is 8.78 Å². The Morgan fingerprint density at radius 2 is 0.500 bits per heavy atom. The van der Waals surface area contributed by atoms with Crippen molar-refractivity contribution >= 4 is 147 Å². The number of nitrogens with zero attached hydrogens (tertiary/aromatic N) is 5. The molecular weight excluding hydrogens is 1710 g/mol. The Labute approximate surface area is 802 Å². The molecule has 22 aromatic carbocycles. The van der Waals surface area contributed by atoms with Crippen molar-refractivity contribution in [3.63, 3.8) is 0 Å². The Kier molecular flexibility index (Phi) is 23.1. The zero-order valence-corrected chi connectivity index (χ0v) is 75.9. The first-order valence-electron chi connectivity index (χ1n) is 46.2. The number of aromatic nitrogens is 3. The van der Waals surface area contributed by atoms with E-state index in [1.54, 1.807) is 30.7 Å². The largest absolute Gasteiger partial charge is 1.20 e. The third-order valence-electron chi connectivity index (χ3n) is 25.8. The molecule has 0 aliphatic heterocycles. The number of rotatable bonds is 19. The fourth-order valence-corrected chi connectivity index (χ4v) is 21.0. The number of anilines is 6. The Hall–Kier alpha value is -17.7.